The number of rotatable bonds is 4. The average Bonchev–Trinajstić information content (AvgIpc) is 2.32. The number of hydrogen-bond acceptors (Lipinski definition) is 3. The van der Waals surface area contributed by atoms with Crippen molar-refractivity contribution in [2.24, 2.45) is 0 Å². The smallest absolute Gasteiger partial charge is 0.219 e. The van der Waals surface area contributed by atoms with E-state index < -0.39 is 0 Å². The first-order valence-electron chi connectivity index (χ1n) is 5.83. The van der Waals surface area contributed by atoms with Gasteiger partial charge in [-0.1, -0.05) is 0 Å². The van der Waals surface area contributed by atoms with E-state index in [1.807, 2.05) is 26.1 Å². The van der Waals surface area contributed by atoms with Crippen LogP contribution in [0.25, 0.3) is 0 Å². The van der Waals surface area contributed by atoms with Crippen molar-refractivity contribution in [1.82, 2.24) is 10.3 Å². The van der Waals surface area contributed by atoms with E-state index in [-0.39, 0.29) is 5.82 Å². The molecule has 0 spiro atoms. The molecule has 19 heavy (non-hydrogen) atoms. The van der Waals surface area contributed by atoms with Gasteiger partial charge in [0.2, 0.25) is 5.88 Å². The van der Waals surface area contributed by atoms with Gasteiger partial charge < -0.3 is 10.1 Å². The summed E-state index contributed by atoms with van der Waals surface area (Å²) >= 11 is 3.27. The molecule has 0 saturated carbocycles. The summed E-state index contributed by atoms with van der Waals surface area (Å²) in [5, 5.41) is 3.08. The highest BCUT2D eigenvalue weighted by Gasteiger charge is 2.07. The summed E-state index contributed by atoms with van der Waals surface area (Å²) in [6.07, 6.45) is 0. The van der Waals surface area contributed by atoms with Crippen LogP contribution in [0.3, 0.4) is 0 Å². The number of nitrogens with one attached hydrogen (secondary N) is 1. The van der Waals surface area contributed by atoms with Crippen molar-refractivity contribution in [1.29, 1.82) is 0 Å². The quantitative estimate of drug-likeness (QED) is 0.928. The van der Waals surface area contributed by atoms with Crippen molar-refractivity contribution in [3.05, 3.63) is 51.9 Å². The van der Waals surface area contributed by atoms with Crippen LogP contribution in [0.5, 0.6) is 11.6 Å². The van der Waals surface area contributed by atoms with Crippen LogP contribution >= 0.6 is 15.9 Å². The monoisotopic (exact) mass is 324 g/mol. The summed E-state index contributed by atoms with van der Waals surface area (Å²) in [7, 11) is 1.88. The number of halogens is 2. The van der Waals surface area contributed by atoms with Gasteiger partial charge in [-0.25, -0.2) is 9.37 Å². The molecule has 0 aliphatic heterocycles. The van der Waals surface area contributed by atoms with E-state index in [9.17, 15) is 4.39 Å². The third-order valence-corrected chi connectivity index (χ3v) is 3.10. The summed E-state index contributed by atoms with van der Waals surface area (Å²) in [4.78, 5) is 4.31. The Morgan fingerprint density at radius 2 is 2.11 bits per heavy atom. The van der Waals surface area contributed by atoms with E-state index >= 15 is 0 Å². The highest BCUT2D eigenvalue weighted by molar-refractivity contribution is 9.10. The number of benzene rings is 1. The Morgan fingerprint density at radius 1 is 1.32 bits per heavy atom. The Balaban J connectivity index is 2.27. The molecule has 2 aromatic rings. The average molecular weight is 325 g/mol. The minimum absolute atomic E-state index is 0.313. The number of aromatic nitrogens is 1. The van der Waals surface area contributed by atoms with E-state index in [2.05, 4.69) is 26.2 Å². The fraction of sp³-hybridized carbons (Fsp3) is 0.214. The van der Waals surface area contributed by atoms with Crippen LogP contribution in [0, 0.1) is 12.7 Å². The van der Waals surface area contributed by atoms with E-state index in [4.69, 9.17) is 4.74 Å². The fourth-order valence-corrected chi connectivity index (χ4v) is 2.17. The third kappa shape index (κ3) is 3.75. The number of nitrogens with zero attached hydrogens (tertiary/aromatic N) is 1. The van der Waals surface area contributed by atoms with Gasteiger partial charge in [0.25, 0.3) is 0 Å². The Kier molecular flexibility index (Phi) is 4.50. The highest BCUT2D eigenvalue weighted by atomic mass is 79.9. The van der Waals surface area contributed by atoms with Gasteiger partial charge in [-0.05, 0) is 59.7 Å². The maximum absolute atomic E-state index is 13.0. The van der Waals surface area contributed by atoms with Crippen molar-refractivity contribution in [2.45, 2.75) is 13.5 Å². The Hall–Kier alpha value is -1.46. The maximum Gasteiger partial charge on any atom is 0.219 e. The second-order valence-electron chi connectivity index (χ2n) is 4.16. The fourth-order valence-electron chi connectivity index (χ4n) is 1.74. The van der Waals surface area contributed by atoms with Crippen LogP contribution in [0.1, 0.15) is 11.3 Å². The molecule has 2 rings (SSSR count). The van der Waals surface area contributed by atoms with Crippen LogP contribution in [0.4, 0.5) is 4.39 Å². The van der Waals surface area contributed by atoms with Crippen molar-refractivity contribution >= 4 is 15.9 Å². The van der Waals surface area contributed by atoms with Gasteiger partial charge in [0, 0.05) is 18.3 Å². The summed E-state index contributed by atoms with van der Waals surface area (Å²) in [5.74, 6) is 0.722. The normalized spacial score (nSPS) is 10.5. The molecule has 1 N–H and O–H groups in total. The summed E-state index contributed by atoms with van der Waals surface area (Å²) in [6, 6.07) is 8.13. The molecular weight excluding hydrogens is 311 g/mol. The molecule has 0 atom stereocenters. The largest absolute Gasteiger partial charge is 0.438 e. The molecule has 0 saturated heterocycles. The van der Waals surface area contributed by atoms with Gasteiger partial charge in [0.1, 0.15) is 11.6 Å². The van der Waals surface area contributed by atoms with Crippen molar-refractivity contribution in [3.8, 4) is 11.6 Å². The first-order chi connectivity index (χ1) is 9.08. The summed E-state index contributed by atoms with van der Waals surface area (Å²) in [6.45, 7) is 2.65. The number of hydrogen-bond donors (Lipinski definition) is 1. The molecule has 0 aliphatic rings. The third-order valence-electron chi connectivity index (χ3n) is 2.48. The van der Waals surface area contributed by atoms with Gasteiger partial charge >= 0.3 is 0 Å². The number of ether oxygens (including phenoxy) is 1. The van der Waals surface area contributed by atoms with Crippen molar-refractivity contribution in [3.63, 3.8) is 0 Å². The number of aryl methyl sites for hydroxylation is 1. The van der Waals surface area contributed by atoms with Crippen molar-refractivity contribution < 1.29 is 9.13 Å². The molecule has 0 radical (unpaired) electrons. The molecule has 0 bridgehead atoms. The topological polar surface area (TPSA) is 34.2 Å². The molecule has 3 nitrogen and oxygen atoms in total. The minimum atomic E-state index is -0.313. The molecular formula is C14H14BrFN2O. The lowest BCUT2D eigenvalue weighted by Gasteiger charge is -2.09. The summed E-state index contributed by atoms with van der Waals surface area (Å²) in [5.41, 5.74) is 1.96. The van der Waals surface area contributed by atoms with Crippen LogP contribution in [-0.2, 0) is 6.54 Å². The Bertz CT molecular complexity index is 590. The van der Waals surface area contributed by atoms with Gasteiger partial charge in [-0.3, -0.25) is 0 Å². The second kappa shape index (κ2) is 6.12. The van der Waals surface area contributed by atoms with Gasteiger partial charge in [-0.2, -0.15) is 0 Å². The first kappa shape index (κ1) is 14.0. The first-order valence-corrected chi connectivity index (χ1v) is 6.63. The Morgan fingerprint density at radius 3 is 2.79 bits per heavy atom. The zero-order chi connectivity index (χ0) is 13.8. The van der Waals surface area contributed by atoms with Crippen LogP contribution in [-0.4, -0.2) is 12.0 Å². The van der Waals surface area contributed by atoms with E-state index in [1.54, 1.807) is 6.07 Å². The SMILES string of the molecule is CNCc1cc(C)nc(Oc2ccc(F)cc2Br)c1. The molecule has 0 fully saturated rings. The molecule has 0 unspecified atom stereocenters. The van der Waals surface area contributed by atoms with Crippen LogP contribution < -0.4 is 10.1 Å². The lowest BCUT2D eigenvalue weighted by atomic mass is 10.2. The highest BCUT2D eigenvalue weighted by Crippen LogP contribution is 2.29. The lowest BCUT2D eigenvalue weighted by molar-refractivity contribution is 0.456. The molecule has 5 heteroatoms. The lowest BCUT2D eigenvalue weighted by Crippen LogP contribution is -2.06. The van der Waals surface area contributed by atoms with Crippen LogP contribution in [0.15, 0.2) is 34.8 Å². The maximum atomic E-state index is 13.0. The summed E-state index contributed by atoms with van der Waals surface area (Å²) < 4.78 is 19.2. The molecule has 1 aromatic carbocycles. The predicted octanol–water partition coefficient (Wildman–Crippen LogP) is 3.80. The number of pyridine rings is 1. The van der Waals surface area contributed by atoms with Gasteiger partial charge in [0.05, 0.1) is 4.47 Å². The van der Waals surface area contributed by atoms with E-state index in [0.717, 1.165) is 17.8 Å². The standard InChI is InChI=1S/C14H14BrFN2O/c1-9-5-10(8-17-2)6-14(18-9)19-13-4-3-11(16)7-12(13)15/h3-7,17H,8H2,1-2H3. The zero-order valence-corrected chi connectivity index (χ0v) is 12.3. The molecule has 0 aliphatic carbocycles. The van der Waals surface area contributed by atoms with Gasteiger partial charge in [-0.15, -0.1) is 0 Å². The predicted molar refractivity (Wildman–Crippen MR) is 75.9 cm³/mol. The minimum Gasteiger partial charge on any atom is -0.438 e. The van der Waals surface area contributed by atoms with Crippen LogP contribution in [0.2, 0.25) is 0 Å². The van der Waals surface area contributed by atoms with Gasteiger partial charge in [0.15, 0.2) is 0 Å². The van der Waals surface area contributed by atoms with E-state index in [1.165, 1.54) is 12.1 Å². The van der Waals surface area contributed by atoms with E-state index in [0.29, 0.717) is 16.1 Å². The molecule has 1 aromatic heterocycles. The molecule has 100 valence electrons. The van der Waals surface area contributed by atoms with Crippen molar-refractivity contribution in [2.75, 3.05) is 7.05 Å². The zero-order valence-electron chi connectivity index (χ0n) is 10.7. The molecule has 0 amide bonds. The Labute approximate surface area is 119 Å². The molecule has 1 heterocycles. The second-order valence-corrected chi connectivity index (χ2v) is 5.02.